The lowest BCUT2D eigenvalue weighted by Crippen LogP contribution is -2.35. The molecule has 7 heteroatoms. The summed E-state index contributed by atoms with van der Waals surface area (Å²) in [6, 6.07) is 22.4. The van der Waals surface area contributed by atoms with Crippen molar-refractivity contribution in [1.29, 1.82) is 0 Å². The molecule has 0 spiro atoms. The van der Waals surface area contributed by atoms with E-state index in [0.29, 0.717) is 35.7 Å². The van der Waals surface area contributed by atoms with E-state index in [-0.39, 0.29) is 5.78 Å². The fourth-order valence-corrected chi connectivity index (χ4v) is 4.31. The minimum absolute atomic E-state index is 0.0756. The molecule has 0 radical (unpaired) electrons. The van der Waals surface area contributed by atoms with Gasteiger partial charge in [-0.1, -0.05) is 54.6 Å². The van der Waals surface area contributed by atoms with Crippen LogP contribution in [0, 0.1) is 0 Å². The van der Waals surface area contributed by atoms with Gasteiger partial charge in [-0.15, -0.1) is 0 Å². The maximum absolute atomic E-state index is 13.5. The predicted octanol–water partition coefficient (Wildman–Crippen LogP) is 3.12. The molecule has 1 atom stereocenters. The molecule has 0 saturated heterocycles. The van der Waals surface area contributed by atoms with E-state index < -0.39 is 11.9 Å². The minimum atomic E-state index is -0.520. The van der Waals surface area contributed by atoms with Crippen molar-refractivity contribution in [2.45, 2.75) is 19.1 Å². The molecule has 3 aromatic carbocycles. The van der Waals surface area contributed by atoms with Crippen molar-refractivity contribution in [3.8, 4) is 16.8 Å². The van der Waals surface area contributed by atoms with Crippen LogP contribution in [0.4, 0.5) is 0 Å². The molecule has 5 N–H and O–H groups in total. The highest BCUT2D eigenvalue weighted by Gasteiger charge is 2.32. The predicted molar refractivity (Wildman–Crippen MR) is 126 cm³/mol. The van der Waals surface area contributed by atoms with Crippen molar-refractivity contribution in [3.05, 3.63) is 107 Å². The summed E-state index contributed by atoms with van der Waals surface area (Å²) in [6.07, 6.45) is 1.61. The molecule has 7 nitrogen and oxygen atoms in total. The Morgan fingerprint density at radius 3 is 2.61 bits per heavy atom. The summed E-state index contributed by atoms with van der Waals surface area (Å²) in [6.45, 7) is 0.927. The lowest BCUT2D eigenvalue weighted by atomic mass is 9.93. The number of carbonyl (C=O) groups excluding carboxylic acids is 2. The van der Waals surface area contributed by atoms with Gasteiger partial charge >= 0.3 is 0 Å². The number of carbonyl (C=O) groups is 2. The topological polar surface area (TPSA) is 116 Å². The van der Waals surface area contributed by atoms with E-state index in [9.17, 15) is 9.59 Å². The molecular weight excluding hydrogens is 414 g/mol. The number of hydrogen-bond acceptors (Lipinski definition) is 5. The molecule has 1 aromatic heterocycles. The fraction of sp³-hybridized carbons (Fsp3) is 0.115. The number of fused-ring (bicyclic) bond motifs is 1. The largest absolute Gasteiger partial charge is 0.366 e. The smallest absolute Gasteiger partial charge is 0.248 e. The Morgan fingerprint density at radius 1 is 1.06 bits per heavy atom. The number of benzene rings is 3. The Morgan fingerprint density at radius 2 is 1.85 bits per heavy atom. The number of amides is 1. The van der Waals surface area contributed by atoms with E-state index in [1.165, 1.54) is 0 Å². The molecule has 0 saturated carbocycles. The highest BCUT2D eigenvalue weighted by atomic mass is 16.1. The van der Waals surface area contributed by atoms with Crippen LogP contribution >= 0.6 is 0 Å². The third-order valence-electron chi connectivity index (χ3n) is 6.01. The first-order valence-corrected chi connectivity index (χ1v) is 10.7. The van der Waals surface area contributed by atoms with Gasteiger partial charge < -0.3 is 11.5 Å². The zero-order valence-electron chi connectivity index (χ0n) is 17.9. The number of ketones is 1. The molecule has 0 aliphatic carbocycles. The van der Waals surface area contributed by atoms with Crippen LogP contribution in [-0.2, 0) is 13.1 Å². The second-order valence-electron chi connectivity index (χ2n) is 7.99. The molecule has 5 rings (SSSR count). The Bertz CT molecular complexity index is 1360. The molecule has 164 valence electrons. The van der Waals surface area contributed by atoms with Gasteiger partial charge in [-0.25, -0.2) is 4.98 Å². The first kappa shape index (κ1) is 20.8. The normalized spacial score (nSPS) is 15.3. The molecule has 0 fully saturated rings. The standard InChI is InChI=1S/C26H23N5O2/c27-13-19-4-1-2-7-21(19)16-8-10-17(11-9-16)23-25(32)24-22(14-29-23)30-15-31(24)20-6-3-5-18(12-20)26(28)33/h1-12,15,23,29H,13-14,27H2,(H2,28,33). The Labute approximate surface area is 191 Å². The Balaban J connectivity index is 1.47. The zero-order valence-corrected chi connectivity index (χ0v) is 17.9. The highest BCUT2D eigenvalue weighted by Crippen LogP contribution is 2.30. The lowest BCUT2D eigenvalue weighted by molar-refractivity contribution is 0.0922. The fourth-order valence-electron chi connectivity index (χ4n) is 4.31. The van der Waals surface area contributed by atoms with Crippen LogP contribution in [0.2, 0.25) is 0 Å². The van der Waals surface area contributed by atoms with Gasteiger partial charge in [0.15, 0.2) is 0 Å². The molecule has 1 aliphatic rings. The summed E-state index contributed by atoms with van der Waals surface area (Å²) in [4.78, 5) is 29.5. The van der Waals surface area contributed by atoms with Crippen molar-refractivity contribution in [2.75, 3.05) is 0 Å². The SMILES string of the molecule is NCc1ccccc1-c1ccc(C2NCc3ncn(-c4cccc(C(N)=O)c4)c3C2=O)cc1. The second-order valence-corrected chi connectivity index (χ2v) is 7.99. The van der Waals surface area contributed by atoms with Gasteiger partial charge in [-0.3, -0.25) is 19.5 Å². The van der Waals surface area contributed by atoms with Gasteiger partial charge in [0.2, 0.25) is 11.7 Å². The van der Waals surface area contributed by atoms with Crippen LogP contribution in [0.5, 0.6) is 0 Å². The average Bonchev–Trinajstić information content (AvgIpc) is 3.30. The van der Waals surface area contributed by atoms with E-state index in [2.05, 4.69) is 10.3 Å². The van der Waals surface area contributed by atoms with Gasteiger partial charge in [0, 0.05) is 24.3 Å². The summed E-state index contributed by atoms with van der Waals surface area (Å²) in [5, 5.41) is 3.30. The lowest BCUT2D eigenvalue weighted by Gasteiger charge is -2.24. The van der Waals surface area contributed by atoms with Gasteiger partial charge in [0.25, 0.3) is 0 Å². The number of hydrogen-bond donors (Lipinski definition) is 3. The highest BCUT2D eigenvalue weighted by molar-refractivity contribution is 6.02. The van der Waals surface area contributed by atoms with E-state index in [0.717, 1.165) is 22.3 Å². The summed E-state index contributed by atoms with van der Waals surface area (Å²) < 4.78 is 1.73. The quantitative estimate of drug-likeness (QED) is 0.444. The third-order valence-corrected chi connectivity index (χ3v) is 6.01. The molecule has 1 amide bonds. The van der Waals surface area contributed by atoms with Gasteiger partial charge in [0.1, 0.15) is 12.0 Å². The molecule has 1 unspecified atom stereocenters. The number of primary amides is 1. The molecule has 4 aromatic rings. The van der Waals surface area contributed by atoms with Gasteiger partial charge in [-0.05, 0) is 40.5 Å². The monoisotopic (exact) mass is 437 g/mol. The molecule has 2 heterocycles. The van der Waals surface area contributed by atoms with Crippen LogP contribution < -0.4 is 16.8 Å². The number of Topliss-reactive ketones (excluding diaryl/α,β-unsaturated/α-hetero) is 1. The Kier molecular flexibility index (Phi) is 5.34. The summed E-state index contributed by atoms with van der Waals surface area (Å²) in [5.74, 6) is -0.596. The van der Waals surface area contributed by atoms with Crippen molar-refractivity contribution < 1.29 is 9.59 Å². The number of aromatic nitrogens is 2. The molecular formula is C26H23N5O2. The van der Waals surface area contributed by atoms with Crippen molar-refractivity contribution >= 4 is 11.7 Å². The molecule has 1 aliphatic heterocycles. The van der Waals surface area contributed by atoms with Crippen LogP contribution in [0.15, 0.2) is 79.1 Å². The van der Waals surface area contributed by atoms with E-state index in [1.807, 2.05) is 54.6 Å². The van der Waals surface area contributed by atoms with Crippen molar-refractivity contribution in [3.63, 3.8) is 0 Å². The van der Waals surface area contributed by atoms with Crippen LogP contribution in [0.25, 0.3) is 16.8 Å². The second kappa shape index (κ2) is 8.46. The maximum Gasteiger partial charge on any atom is 0.248 e. The van der Waals surface area contributed by atoms with Gasteiger partial charge in [0.05, 0.1) is 11.7 Å². The number of imidazole rings is 1. The molecule has 33 heavy (non-hydrogen) atoms. The first-order chi connectivity index (χ1) is 16.1. The van der Waals surface area contributed by atoms with Gasteiger partial charge in [-0.2, -0.15) is 0 Å². The van der Waals surface area contributed by atoms with E-state index in [4.69, 9.17) is 11.5 Å². The van der Waals surface area contributed by atoms with Crippen LogP contribution in [-0.4, -0.2) is 21.2 Å². The van der Waals surface area contributed by atoms with E-state index >= 15 is 0 Å². The molecule has 0 bridgehead atoms. The van der Waals surface area contributed by atoms with Crippen molar-refractivity contribution in [1.82, 2.24) is 14.9 Å². The zero-order chi connectivity index (χ0) is 22.9. The maximum atomic E-state index is 13.5. The minimum Gasteiger partial charge on any atom is -0.366 e. The van der Waals surface area contributed by atoms with Crippen molar-refractivity contribution in [2.24, 2.45) is 11.5 Å². The van der Waals surface area contributed by atoms with E-state index in [1.54, 1.807) is 29.1 Å². The summed E-state index contributed by atoms with van der Waals surface area (Å²) in [7, 11) is 0. The number of nitrogens with two attached hydrogens (primary N) is 2. The Hall–Kier alpha value is -4.07. The number of nitrogens with one attached hydrogen (secondary N) is 1. The summed E-state index contributed by atoms with van der Waals surface area (Å²) in [5.41, 5.74) is 17.6. The number of nitrogens with zero attached hydrogens (tertiary/aromatic N) is 2. The number of rotatable bonds is 5. The average molecular weight is 438 g/mol. The third kappa shape index (κ3) is 3.73. The van der Waals surface area contributed by atoms with Crippen LogP contribution in [0.3, 0.4) is 0 Å². The first-order valence-electron chi connectivity index (χ1n) is 10.7. The summed E-state index contributed by atoms with van der Waals surface area (Å²) >= 11 is 0. The van der Waals surface area contributed by atoms with Crippen LogP contribution in [0.1, 0.15) is 43.7 Å².